The number of likely N-dealkylation sites (tertiary alicyclic amines) is 2. The van der Waals surface area contributed by atoms with Crippen molar-refractivity contribution in [1.29, 1.82) is 0 Å². The number of hydrogen-bond acceptors (Lipinski definition) is 2. The SMILES string of the molecule is CN1CC(C(=O)N2CC3CC=CCC3C2)CC1=O. The molecule has 2 saturated heterocycles. The number of allylic oxidation sites excluding steroid dienone is 2. The lowest BCUT2D eigenvalue weighted by Crippen LogP contribution is -2.35. The summed E-state index contributed by atoms with van der Waals surface area (Å²) in [5.41, 5.74) is 0. The summed E-state index contributed by atoms with van der Waals surface area (Å²) in [6.45, 7) is 2.38. The Labute approximate surface area is 108 Å². The molecular weight excluding hydrogens is 228 g/mol. The highest BCUT2D eigenvalue weighted by Crippen LogP contribution is 2.34. The van der Waals surface area contributed by atoms with Gasteiger partial charge in [-0.05, 0) is 24.7 Å². The first-order valence-corrected chi connectivity index (χ1v) is 6.83. The van der Waals surface area contributed by atoms with Gasteiger partial charge in [0.25, 0.3) is 0 Å². The molecule has 0 N–H and O–H groups in total. The predicted octanol–water partition coefficient (Wildman–Crippen LogP) is 0.889. The highest BCUT2D eigenvalue weighted by atomic mass is 16.2. The van der Waals surface area contributed by atoms with E-state index in [1.54, 1.807) is 11.9 Å². The average molecular weight is 248 g/mol. The summed E-state index contributed by atoms with van der Waals surface area (Å²) in [6, 6.07) is 0. The molecule has 1 aliphatic carbocycles. The van der Waals surface area contributed by atoms with E-state index >= 15 is 0 Å². The van der Waals surface area contributed by atoms with Gasteiger partial charge < -0.3 is 9.80 Å². The van der Waals surface area contributed by atoms with Crippen LogP contribution in [0.25, 0.3) is 0 Å². The summed E-state index contributed by atoms with van der Waals surface area (Å²) in [5, 5.41) is 0. The zero-order valence-corrected chi connectivity index (χ0v) is 10.8. The van der Waals surface area contributed by atoms with E-state index in [1.807, 2.05) is 4.90 Å². The van der Waals surface area contributed by atoms with Gasteiger partial charge in [0, 0.05) is 33.1 Å². The van der Waals surface area contributed by atoms with Gasteiger partial charge in [-0.3, -0.25) is 9.59 Å². The number of carbonyl (C=O) groups excluding carboxylic acids is 2. The van der Waals surface area contributed by atoms with Gasteiger partial charge in [0.2, 0.25) is 11.8 Å². The zero-order chi connectivity index (χ0) is 12.7. The van der Waals surface area contributed by atoms with Crippen molar-refractivity contribution in [3.8, 4) is 0 Å². The van der Waals surface area contributed by atoms with Crippen LogP contribution in [0.4, 0.5) is 0 Å². The minimum Gasteiger partial charge on any atom is -0.345 e. The maximum atomic E-state index is 12.4. The van der Waals surface area contributed by atoms with Crippen LogP contribution in [-0.4, -0.2) is 48.3 Å². The molecule has 2 heterocycles. The summed E-state index contributed by atoms with van der Waals surface area (Å²) < 4.78 is 0. The third kappa shape index (κ3) is 1.93. The van der Waals surface area contributed by atoms with Gasteiger partial charge >= 0.3 is 0 Å². The number of amides is 2. The van der Waals surface area contributed by atoms with Crippen LogP contribution in [-0.2, 0) is 9.59 Å². The molecule has 2 aliphatic heterocycles. The number of fused-ring (bicyclic) bond motifs is 1. The number of carbonyl (C=O) groups is 2. The lowest BCUT2D eigenvalue weighted by molar-refractivity contribution is -0.135. The lowest BCUT2D eigenvalue weighted by atomic mass is 9.86. The molecule has 0 bridgehead atoms. The molecule has 3 atom stereocenters. The van der Waals surface area contributed by atoms with E-state index in [-0.39, 0.29) is 17.7 Å². The van der Waals surface area contributed by atoms with E-state index in [0.717, 1.165) is 25.9 Å². The minimum atomic E-state index is -0.101. The smallest absolute Gasteiger partial charge is 0.228 e. The molecule has 2 fully saturated rings. The van der Waals surface area contributed by atoms with Crippen molar-refractivity contribution < 1.29 is 9.59 Å². The number of rotatable bonds is 1. The largest absolute Gasteiger partial charge is 0.345 e. The average Bonchev–Trinajstić information content (AvgIpc) is 2.93. The summed E-state index contributed by atoms with van der Waals surface area (Å²) in [5.74, 6) is 1.49. The lowest BCUT2D eigenvalue weighted by Gasteiger charge is -2.20. The van der Waals surface area contributed by atoms with Crippen LogP contribution in [0.1, 0.15) is 19.3 Å². The second kappa shape index (κ2) is 4.41. The molecule has 0 radical (unpaired) electrons. The Balaban J connectivity index is 1.63. The molecule has 98 valence electrons. The third-order valence-electron chi connectivity index (χ3n) is 4.62. The second-order valence-corrected chi connectivity index (χ2v) is 5.88. The van der Waals surface area contributed by atoms with E-state index in [0.29, 0.717) is 24.8 Å². The van der Waals surface area contributed by atoms with E-state index in [2.05, 4.69) is 12.2 Å². The van der Waals surface area contributed by atoms with Crippen LogP contribution in [0.3, 0.4) is 0 Å². The first kappa shape index (κ1) is 11.8. The highest BCUT2D eigenvalue weighted by molar-refractivity contribution is 5.89. The summed E-state index contributed by atoms with van der Waals surface area (Å²) >= 11 is 0. The molecular formula is C14H20N2O2. The highest BCUT2D eigenvalue weighted by Gasteiger charge is 2.40. The molecule has 3 unspecified atom stereocenters. The van der Waals surface area contributed by atoms with Gasteiger partial charge in [-0.25, -0.2) is 0 Å². The summed E-state index contributed by atoms with van der Waals surface area (Å²) in [6.07, 6.45) is 7.10. The quantitative estimate of drug-likeness (QED) is 0.647. The molecule has 0 spiro atoms. The molecule has 18 heavy (non-hydrogen) atoms. The monoisotopic (exact) mass is 248 g/mol. The Morgan fingerprint density at radius 3 is 2.28 bits per heavy atom. The molecule has 3 aliphatic rings. The van der Waals surface area contributed by atoms with Crippen LogP contribution >= 0.6 is 0 Å². The van der Waals surface area contributed by atoms with E-state index < -0.39 is 0 Å². The maximum absolute atomic E-state index is 12.4. The Morgan fingerprint density at radius 1 is 1.17 bits per heavy atom. The molecule has 4 heteroatoms. The first-order valence-electron chi connectivity index (χ1n) is 6.83. The van der Waals surface area contributed by atoms with Crippen LogP contribution in [0.15, 0.2) is 12.2 Å². The van der Waals surface area contributed by atoms with Gasteiger partial charge in [0.1, 0.15) is 0 Å². The first-order chi connectivity index (χ1) is 8.65. The molecule has 3 rings (SSSR count). The van der Waals surface area contributed by atoms with Crippen LogP contribution in [0.2, 0.25) is 0 Å². The van der Waals surface area contributed by atoms with Crippen molar-refractivity contribution in [2.45, 2.75) is 19.3 Å². The fourth-order valence-electron chi connectivity index (χ4n) is 3.48. The van der Waals surface area contributed by atoms with E-state index in [4.69, 9.17) is 0 Å². The van der Waals surface area contributed by atoms with Crippen molar-refractivity contribution in [3.05, 3.63) is 12.2 Å². The topological polar surface area (TPSA) is 40.6 Å². The zero-order valence-electron chi connectivity index (χ0n) is 10.8. The maximum Gasteiger partial charge on any atom is 0.228 e. The second-order valence-electron chi connectivity index (χ2n) is 5.88. The Morgan fingerprint density at radius 2 is 1.78 bits per heavy atom. The van der Waals surface area contributed by atoms with Crippen LogP contribution in [0.5, 0.6) is 0 Å². The van der Waals surface area contributed by atoms with Gasteiger partial charge in [0.05, 0.1) is 5.92 Å². The van der Waals surface area contributed by atoms with Crippen molar-refractivity contribution in [1.82, 2.24) is 9.80 Å². The summed E-state index contributed by atoms with van der Waals surface area (Å²) in [7, 11) is 1.78. The van der Waals surface area contributed by atoms with E-state index in [9.17, 15) is 9.59 Å². The van der Waals surface area contributed by atoms with Gasteiger partial charge in [-0.15, -0.1) is 0 Å². The minimum absolute atomic E-state index is 0.101. The molecule has 0 aromatic heterocycles. The van der Waals surface area contributed by atoms with Crippen molar-refractivity contribution in [2.75, 3.05) is 26.7 Å². The van der Waals surface area contributed by atoms with Gasteiger partial charge in [-0.1, -0.05) is 12.2 Å². The molecule has 0 aromatic carbocycles. The Kier molecular flexibility index (Phi) is 2.88. The molecule has 0 saturated carbocycles. The Bertz CT molecular complexity index is 389. The number of hydrogen-bond donors (Lipinski definition) is 0. The van der Waals surface area contributed by atoms with Crippen LogP contribution in [0, 0.1) is 17.8 Å². The standard InChI is InChI=1S/C14H20N2O2/c1-15-7-12(6-13(15)17)14(18)16-8-10-4-2-3-5-11(10)9-16/h2-3,10-12H,4-9H2,1H3. The Hall–Kier alpha value is -1.32. The normalized spacial score (nSPS) is 35.2. The summed E-state index contributed by atoms with van der Waals surface area (Å²) in [4.78, 5) is 27.6. The van der Waals surface area contributed by atoms with Crippen LogP contribution < -0.4 is 0 Å². The van der Waals surface area contributed by atoms with Gasteiger partial charge in [0.15, 0.2) is 0 Å². The van der Waals surface area contributed by atoms with E-state index in [1.165, 1.54) is 0 Å². The van der Waals surface area contributed by atoms with Crippen molar-refractivity contribution in [2.24, 2.45) is 17.8 Å². The fraction of sp³-hybridized carbons (Fsp3) is 0.714. The van der Waals surface area contributed by atoms with Crippen molar-refractivity contribution >= 4 is 11.8 Å². The number of nitrogens with zero attached hydrogens (tertiary/aromatic N) is 2. The van der Waals surface area contributed by atoms with Crippen molar-refractivity contribution in [3.63, 3.8) is 0 Å². The predicted molar refractivity (Wildman–Crippen MR) is 67.7 cm³/mol. The van der Waals surface area contributed by atoms with Gasteiger partial charge in [-0.2, -0.15) is 0 Å². The fourth-order valence-corrected chi connectivity index (χ4v) is 3.48. The molecule has 4 nitrogen and oxygen atoms in total. The molecule has 0 aromatic rings. The molecule has 2 amide bonds. The third-order valence-corrected chi connectivity index (χ3v) is 4.62.